The lowest BCUT2D eigenvalue weighted by atomic mass is 10.2. The molecule has 5 rings (SSSR count). The second-order valence-corrected chi connectivity index (χ2v) is 8.17. The van der Waals surface area contributed by atoms with Crippen molar-refractivity contribution in [1.29, 1.82) is 0 Å². The number of imidazole rings is 1. The zero-order valence-electron chi connectivity index (χ0n) is 16.2. The van der Waals surface area contributed by atoms with E-state index in [-0.39, 0.29) is 0 Å². The van der Waals surface area contributed by atoms with E-state index in [1.165, 1.54) is 16.5 Å². The summed E-state index contributed by atoms with van der Waals surface area (Å²) in [6, 6.07) is 22.3. The van der Waals surface area contributed by atoms with Gasteiger partial charge in [0, 0.05) is 30.2 Å². The molecule has 6 heteroatoms. The van der Waals surface area contributed by atoms with Crippen LogP contribution in [0.4, 0.5) is 0 Å². The molecule has 30 heavy (non-hydrogen) atoms. The van der Waals surface area contributed by atoms with E-state index in [4.69, 9.17) is 23.2 Å². The quantitative estimate of drug-likeness (QED) is 0.335. The minimum atomic E-state index is 0.577. The standard InChI is InChI=1S/C24H20Cl2N4/c25-19-10-9-16(11-20(19)26)14-30-15-17(18-5-1-4-8-23(18)30)12-27-13-24-28-21-6-2-3-7-22(21)29-24/h1-11,15,27H,12-14H2,(H,28,29). The Hall–Kier alpha value is -2.79. The number of para-hydroxylation sites is 3. The third kappa shape index (κ3) is 3.82. The number of aromatic nitrogens is 3. The Balaban J connectivity index is 1.35. The van der Waals surface area contributed by atoms with E-state index in [1.54, 1.807) is 0 Å². The summed E-state index contributed by atoms with van der Waals surface area (Å²) in [5.41, 5.74) is 5.62. The van der Waals surface area contributed by atoms with Crippen molar-refractivity contribution in [2.45, 2.75) is 19.6 Å². The van der Waals surface area contributed by atoms with Gasteiger partial charge in [-0.3, -0.25) is 0 Å². The van der Waals surface area contributed by atoms with Crippen molar-refractivity contribution in [1.82, 2.24) is 19.9 Å². The van der Waals surface area contributed by atoms with Gasteiger partial charge in [0.2, 0.25) is 0 Å². The van der Waals surface area contributed by atoms with Gasteiger partial charge < -0.3 is 14.9 Å². The highest BCUT2D eigenvalue weighted by Crippen LogP contribution is 2.26. The second-order valence-electron chi connectivity index (χ2n) is 7.35. The average molecular weight is 435 g/mol. The van der Waals surface area contributed by atoms with Crippen molar-refractivity contribution < 1.29 is 0 Å². The first-order valence-electron chi connectivity index (χ1n) is 9.82. The van der Waals surface area contributed by atoms with Gasteiger partial charge in [0.25, 0.3) is 0 Å². The summed E-state index contributed by atoms with van der Waals surface area (Å²) in [5.74, 6) is 0.941. The number of H-pyrrole nitrogens is 1. The van der Waals surface area contributed by atoms with E-state index in [9.17, 15) is 0 Å². The number of nitrogens with zero attached hydrogens (tertiary/aromatic N) is 2. The molecule has 0 radical (unpaired) electrons. The normalized spacial score (nSPS) is 11.5. The van der Waals surface area contributed by atoms with Crippen LogP contribution < -0.4 is 5.32 Å². The Morgan fingerprint density at radius 1 is 0.900 bits per heavy atom. The average Bonchev–Trinajstić information content (AvgIpc) is 3.32. The zero-order valence-corrected chi connectivity index (χ0v) is 17.7. The number of halogens is 2. The monoisotopic (exact) mass is 434 g/mol. The predicted octanol–water partition coefficient (Wildman–Crippen LogP) is 6.16. The largest absolute Gasteiger partial charge is 0.343 e. The molecule has 3 aromatic carbocycles. The van der Waals surface area contributed by atoms with Crippen molar-refractivity contribution in [3.63, 3.8) is 0 Å². The minimum absolute atomic E-state index is 0.577. The van der Waals surface area contributed by atoms with Crippen LogP contribution >= 0.6 is 23.2 Å². The molecule has 0 amide bonds. The van der Waals surface area contributed by atoms with Crippen molar-refractivity contribution in [3.05, 3.63) is 99.9 Å². The lowest BCUT2D eigenvalue weighted by Crippen LogP contribution is -2.13. The number of fused-ring (bicyclic) bond motifs is 2. The van der Waals surface area contributed by atoms with E-state index in [0.717, 1.165) is 35.5 Å². The van der Waals surface area contributed by atoms with Gasteiger partial charge in [0.05, 0.1) is 27.6 Å². The number of nitrogens with one attached hydrogen (secondary N) is 2. The molecular formula is C24H20Cl2N4. The Morgan fingerprint density at radius 3 is 2.60 bits per heavy atom. The maximum Gasteiger partial charge on any atom is 0.121 e. The number of hydrogen-bond donors (Lipinski definition) is 2. The van der Waals surface area contributed by atoms with Gasteiger partial charge >= 0.3 is 0 Å². The molecule has 0 aliphatic heterocycles. The summed E-state index contributed by atoms with van der Waals surface area (Å²) in [4.78, 5) is 8.00. The summed E-state index contributed by atoms with van der Waals surface area (Å²) in [6.45, 7) is 2.17. The van der Waals surface area contributed by atoms with Crippen molar-refractivity contribution in [2.24, 2.45) is 0 Å². The van der Waals surface area contributed by atoms with Gasteiger partial charge in [-0.15, -0.1) is 0 Å². The van der Waals surface area contributed by atoms with Crippen LogP contribution in [-0.4, -0.2) is 14.5 Å². The fourth-order valence-electron chi connectivity index (χ4n) is 3.83. The van der Waals surface area contributed by atoms with Crippen molar-refractivity contribution >= 4 is 45.1 Å². The highest BCUT2D eigenvalue weighted by molar-refractivity contribution is 6.42. The summed E-state index contributed by atoms with van der Waals surface area (Å²) in [5, 5.41) is 5.92. The molecule has 2 aromatic heterocycles. The van der Waals surface area contributed by atoms with Gasteiger partial charge in [-0.25, -0.2) is 4.98 Å². The van der Waals surface area contributed by atoms with Crippen LogP contribution in [0.1, 0.15) is 17.0 Å². The molecule has 0 saturated heterocycles. The molecule has 0 atom stereocenters. The first-order valence-corrected chi connectivity index (χ1v) is 10.6. The van der Waals surface area contributed by atoms with Crippen LogP contribution in [0.3, 0.4) is 0 Å². The van der Waals surface area contributed by atoms with Crippen molar-refractivity contribution in [2.75, 3.05) is 0 Å². The van der Waals surface area contributed by atoms with Gasteiger partial charge in [-0.1, -0.05) is 59.6 Å². The predicted molar refractivity (Wildman–Crippen MR) is 124 cm³/mol. The number of hydrogen-bond acceptors (Lipinski definition) is 2. The maximum atomic E-state index is 6.20. The first kappa shape index (κ1) is 19.2. The molecule has 5 aromatic rings. The molecule has 0 bridgehead atoms. The number of benzene rings is 3. The van der Waals surface area contributed by atoms with Gasteiger partial charge in [0.15, 0.2) is 0 Å². The molecule has 2 N–H and O–H groups in total. The number of rotatable bonds is 6. The summed E-state index contributed by atoms with van der Waals surface area (Å²) >= 11 is 12.3. The van der Waals surface area contributed by atoms with Crippen LogP contribution in [0.15, 0.2) is 72.9 Å². The van der Waals surface area contributed by atoms with Crippen LogP contribution in [-0.2, 0) is 19.6 Å². The fraction of sp³-hybridized carbons (Fsp3) is 0.125. The third-order valence-corrected chi connectivity index (χ3v) is 5.99. The van der Waals surface area contributed by atoms with Crippen LogP contribution in [0.2, 0.25) is 10.0 Å². The second kappa shape index (κ2) is 8.15. The summed E-state index contributed by atoms with van der Waals surface area (Å²) < 4.78 is 2.26. The molecule has 0 saturated carbocycles. The molecule has 4 nitrogen and oxygen atoms in total. The molecule has 0 fully saturated rings. The van der Waals surface area contributed by atoms with E-state index < -0.39 is 0 Å². The summed E-state index contributed by atoms with van der Waals surface area (Å²) in [6.07, 6.45) is 2.21. The van der Waals surface area contributed by atoms with Crippen LogP contribution in [0.5, 0.6) is 0 Å². The molecule has 0 unspecified atom stereocenters. The topological polar surface area (TPSA) is 45.6 Å². The van der Waals surface area contributed by atoms with E-state index in [1.807, 2.05) is 42.5 Å². The lowest BCUT2D eigenvalue weighted by Gasteiger charge is -2.07. The number of aromatic amines is 1. The molecule has 150 valence electrons. The van der Waals surface area contributed by atoms with Gasteiger partial charge in [-0.05, 0) is 41.5 Å². The van der Waals surface area contributed by atoms with Crippen molar-refractivity contribution in [3.8, 4) is 0 Å². The zero-order chi connectivity index (χ0) is 20.5. The lowest BCUT2D eigenvalue weighted by molar-refractivity contribution is 0.670. The Morgan fingerprint density at radius 2 is 1.73 bits per heavy atom. The Kier molecular flexibility index (Phi) is 5.21. The van der Waals surface area contributed by atoms with Crippen LogP contribution in [0.25, 0.3) is 21.9 Å². The molecule has 0 spiro atoms. The SMILES string of the molecule is Clc1ccc(Cn2cc(CNCc3nc4ccccc4[nH]3)c3ccccc32)cc1Cl. The van der Waals surface area contributed by atoms with E-state index in [2.05, 4.69) is 50.3 Å². The maximum absolute atomic E-state index is 6.20. The smallest absolute Gasteiger partial charge is 0.121 e. The minimum Gasteiger partial charge on any atom is -0.343 e. The fourth-order valence-corrected chi connectivity index (χ4v) is 4.15. The molecule has 0 aliphatic rings. The van der Waals surface area contributed by atoms with E-state index >= 15 is 0 Å². The first-order chi connectivity index (χ1) is 14.7. The third-order valence-electron chi connectivity index (χ3n) is 5.25. The molecule has 2 heterocycles. The van der Waals surface area contributed by atoms with Crippen LogP contribution in [0, 0.1) is 0 Å². The molecular weight excluding hydrogens is 415 g/mol. The molecule has 0 aliphatic carbocycles. The van der Waals surface area contributed by atoms with Gasteiger partial charge in [-0.2, -0.15) is 0 Å². The Bertz CT molecular complexity index is 1300. The highest BCUT2D eigenvalue weighted by atomic mass is 35.5. The summed E-state index contributed by atoms with van der Waals surface area (Å²) in [7, 11) is 0. The van der Waals surface area contributed by atoms with Gasteiger partial charge in [0.1, 0.15) is 5.82 Å². The van der Waals surface area contributed by atoms with E-state index in [0.29, 0.717) is 16.6 Å². The highest BCUT2D eigenvalue weighted by Gasteiger charge is 2.10. The Labute approximate surface area is 184 Å².